The van der Waals surface area contributed by atoms with Gasteiger partial charge in [-0.25, -0.2) is 0 Å². The van der Waals surface area contributed by atoms with Crippen molar-refractivity contribution in [2.75, 3.05) is 31.4 Å². The number of aliphatic imine (C=N–C) groups is 1. The van der Waals surface area contributed by atoms with Gasteiger partial charge in [-0.15, -0.1) is 0 Å². The molecule has 7 nitrogen and oxygen atoms in total. The summed E-state index contributed by atoms with van der Waals surface area (Å²) in [5.74, 6) is 1.47. The van der Waals surface area contributed by atoms with Gasteiger partial charge in [-0.2, -0.15) is 0 Å². The molecule has 2 aromatic carbocycles. The number of carbonyl (C=O) groups excluding carboxylic acids is 1. The minimum Gasteiger partial charge on any atom is -0.494 e. The van der Waals surface area contributed by atoms with Gasteiger partial charge in [0.1, 0.15) is 11.5 Å². The number of hydrogen-bond acceptors (Lipinski definition) is 5. The monoisotopic (exact) mass is 490 g/mol. The number of carbonyl (C=O) groups is 1. The standard InChI is InChI=1S/C27H32N4O3.C2H6/c1-8-34-23-12-13-24(25(15-23)33-7)31-19(4)26(17(2)28-6)27(20(31)5)18(3)30-22-11-9-10-21(14-22)29-16-32;1-2/h9-16,30H,3,8H2,1-2,4-7H3,(H,29,32);1-2H3. The van der Waals surface area contributed by atoms with Crippen LogP contribution in [0.15, 0.2) is 54.0 Å². The number of nitrogens with one attached hydrogen (secondary N) is 2. The highest BCUT2D eigenvalue weighted by Crippen LogP contribution is 2.36. The molecule has 1 amide bonds. The van der Waals surface area contributed by atoms with Gasteiger partial charge in [0, 0.05) is 58.4 Å². The van der Waals surface area contributed by atoms with Gasteiger partial charge in [0.15, 0.2) is 0 Å². The smallest absolute Gasteiger partial charge is 0.211 e. The summed E-state index contributed by atoms with van der Waals surface area (Å²) in [5, 5.41) is 6.07. The highest BCUT2D eigenvalue weighted by Gasteiger charge is 2.24. The van der Waals surface area contributed by atoms with Crippen molar-refractivity contribution in [3.8, 4) is 17.2 Å². The van der Waals surface area contributed by atoms with Crippen LogP contribution < -0.4 is 20.1 Å². The third kappa shape index (κ3) is 5.97. The van der Waals surface area contributed by atoms with Crippen LogP contribution in [0.2, 0.25) is 0 Å². The summed E-state index contributed by atoms with van der Waals surface area (Å²) >= 11 is 0. The Morgan fingerprint density at radius 2 is 1.75 bits per heavy atom. The van der Waals surface area contributed by atoms with E-state index in [9.17, 15) is 4.79 Å². The molecule has 0 radical (unpaired) electrons. The number of amides is 1. The first-order valence-corrected chi connectivity index (χ1v) is 12.1. The molecule has 0 aliphatic carbocycles. The lowest BCUT2D eigenvalue weighted by Gasteiger charge is -2.16. The van der Waals surface area contributed by atoms with Gasteiger partial charge in [-0.3, -0.25) is 9.79 Å². The SMILES string of the molecule is C=C(Nc1cccc(NC=O)c1)c1c(C(C)=NC)c(C)n(-c2ccc(OCC)cc2OC)c1C.CC. The van der Waals surface area contributed by atoms with Gasteiger partial charge in [-0.1, -0.05) is 26.5 Å². The van der Waals surface area contributed by atoms with E-state index in [0.717, 1.165) is 51.0 Å². The Morgan fingerprint density at radius 1 is 1.08 bits per heavy atom. The molecule has 0 spiro atoms. The van der Waals surface area contributed by atoms with Crippen molar-refractivity contribution in [3.63, 3.8) is 0 Å². The normalized spacial score (nSPS) is 10.7. The molecule has 36 heavy (non-hydrogen) atoms. The molecule has 2 N–H and O–H groups in total. The van der Waals surface area contributed by atoms with Gasteiger partial charge < -0.3 is 24.7 Å². The summed E-state index contributed by atoms with van der Waals surface area (Å²) in [6.45, 7) is 17.0. The van der Waals surface area contributed by atoms with E-state index in [-0.39, 0.29) is 0 Å². The minimum absolute atomic E-state index is 0.583. The highest BCUT2D eigenvalue weighted by atomic mass is 16.5. The molecule has 0 fully saturated rings. The second-order valence-electron chi connectivity index (χ2n) is 7.78. The lowest BCUT2D eigenvalue weighted by molar-refractivity contribution is -0.105. The molecule has 0 saturated heterocycles. The average molecular weight is 491 g/mol. The van der Waals surface area contributed by atoms with E-state index in [1.54, 1.807) is 14.2 Å². The summed E-state index contributed by atoms with van der Waals surface area (Å²) in [4.78, 5) is 15.3. The molecule has 1 heterocycles. The van der Waals surface area contributed by atoms with Crippen LogP contribution in [0.3, 0.4) is 0 Å². The van der Waals surface area contributed by atoms with Crippen LogP contribution in [-0.2, 0) is 4.79 Å². The van der Waals surface area contributed by atoms with Crippen molar-refractivity contribution >= 4 is 29.2 Å². The van der Waals surface area contributed by atoms with E-state index < -0.39 is 0 Å². The summed E-state index contributed by atoms with van der Waals surface area (Å²) < 4.78 is 13.5. The maximum Gasteiger partial charge on any atom is 0.211 e. The molecule has 0 bridgehead atoms. The molecular weight excluding hydrogens is 452 g/mol. The number of methoxy groups -OCH3 is 1. The fraction of sp³-hybridized carbons (Fsp3) is 0.310. The first-order chi connectivity index (χ1) is 17.4. The fourth-order valence-corrected chi connectivity index (χ4v) is 4.21. The Hall–Kier alpha value is -4.00. The molecule has 0 aliphatic rings. The van der Waals surface area contributed by atoms with E-state index in [4.69, 9.17) is 9.47 Å². The number of aromatic nitrogens is 1. The lowest BCUT2D eigenvalue weighted by atomic mass is 10.0. The third-order valence-electron chi connectivity index (χ3n) is 5.73. The second-order valence-corrected chi connectivity index (χ2v) is 7.78. The van der Waals surface area contributed by atoms with Crippen molar-refractivity contribution in [1.82, 2.24) is 4.57 Å². The zero-order chi connectivity index (χ0) is 26.8. The largest absolute Gasteiger partial charge is 0.494 e. The van der Waals surface area contributed by atoms with Crippen LogP contribution in [0, 0.1) is 13.8 Å². The second kappa shape index (κ2) is 13.2. The van der Waals surface area contributed by atoms with Crippen LogP contribution in [0.25, 0.3) is 11.4 Å². The number of ether oxygens (including phenoxy) is 2. The Labute approximate surface area is 214 Å². The Kier molecular flexibility index (Phi) is 10.3. The molecule has 7 heteroatoms. The molecule has 3 aromatic rings. The molecule has 0 saturated carbocycles. The Morgan fingerprint density at radius 3 is 2.36 bits per heavy atom. The van der Waals surface area contributed by atoms with Crippen molar-refractivity contribution in [1.29, 1.82) is 0 Å². The zero-order valence-corrected chi connectivity index (χ0v) is 22.7. The van der Waals surface area contributed by atoms with E-state index in [2.05, 4.69) is 40.6 Å². The molecule has 0 atom stereocenters. The van der Waals surface area contributed by atoms with Crippen LogP contribution in [0.1, 0.15) is 50.2 Å². The number of benzene rings is 2. The highest BCUT2D eigenvalue weighted by molar-refractivity contribution is 6.05. The molecule has 1 aromatic heterocycles. The molecule has 3 rings (SSSR count). The first-order valence-electron chi connectivity index (χ1n) is 12.1. The summed E-state index contributed by atoms with van der Waals surface area (Å²) in [6.07, 6.45) is 0.658. The summed E-state index contributed by atoms with van der Waals surface area (Å²) in [5.41, 5.74) is 8.04. The predicted molar refractivity (Wildman–Crippen MR) is 151 cm³/mol. The summed E-state index contributed by atoms with van der Waals surface area (Å²) in [7, 11) is 3.44. The number of anilines is 2. The molecule has 0 unspecified atom stereocenters. The van der Waals surface area contributed by atoms with Crippen molar-refractivity contribution in [3.05, 3.63) is 71.6 Å². The maximum atomic E-state index is 10.8. The van der Waals surface area contributed by atoms with Gasteiger partial charge in [0.05, 0.1) is 19.4 Å². The number of nitrogens with zero attached hydrogens (tertiary/aromatic N) is 2. The quantitative estimate of drug-likeness (QED) is 0.247. The van der Waals surface area contributed by atoms with E-state index >= 15 is 0 Å². The van der Waals surface area contributed by atoms with Crippen molar-refractivity contribution < 1.29 is 14.3 Å². The van der Waals surface area contributed by atoms with Crippen molar-refractivity contribution in [2.24, 2.45) is 4.99 Å². The van der Waals surface area contributed by atoms with Gasteiger partial charge in [-0.05, 0) is 58.0 Å². The molecule has 0 aliphatic heterocycles. The van der Waals surface area contributed by atoms with Crippen LogP contribution in [0.5, 0.6) is 11.5 Å². The van der Waals surface area contributed by atoms with Gasteiger partial charge in [0.2, 0.25) is 6.41 Å². The fourth-order valence-electron chi connectivity index (χ4n) is 4.21. The topological polar surface area (TPSA) is 76.9 Å². The van der Waals surface area contributed by atoms with Gasteiger partial charge in [0.25, 0.3) is 0 Å². The van der Waals surface area contributed by atoms with Crippen LogP contribution in [0.4, 0.5) is 11.4 Å². The first kappa shape index (κ1) is 28.2. The van der Waals surface area contributed by atoms with E-state index in [0.29, 0.717) is 24.5 Å². The van der Waals surface area contributed by atoms with Gasteiger partial charge >= 0.3 is 0 Å². The molecule has 192 valence electrons. The Balaban J connectivity index is 0.00000222. The number of hydrogen-bond donors (Lipinski definition) is 2. The van der Waals surface area contributed by atoms with Crippen molar-refractivity contribution in [2.45, 2.75) is 41.5 Å². The zero-order valence-electron chi connectivity index (χ0n) is 22.7. The lowest BCUT2D eigenvalue weighted by Crippen LogP contribution is -2.05. The summed E-state index contributed by atoms with van der Waals surface area (Å²) in [6, 6.07) is 13.3. The Bertz CT molecular complexity index is 1240. The minimum atomic E-state index is 0.583. The third-order valence-corrected chi connectivity index (χ3v) is 5.73. The van der Waals surface area contributed by atoms with Crippen LogP contribution >= 0.6 is 0 Å². The maximum absolute atomic E-state index is 10.8. The predicted octanol–water partition coefficient (Wildman–Crippen LogP) is 6.62. The average Bonchev–Trinajstić information content (AvgIpc) is 3.15. The van der Waals surface area contributed by atoms with E-state index in [1.807, 2.05) is 70.2 Å². The molecular formula is C29H38N4O3. The van der Waals surface area contributed by atoms with Crippen LogP contribution in [-0.4, -0.2) is 37.5 Å². The van der Waals surface area contributed by atoms with E-state index in [1.165, 1.54) is 0 Å². The number of rotatable bonds is 10.